The molecule has 7 heteroatoms. The van der Waals surface area contributed by atoms with E-state index in [2.05, 4.69) is 10.3 Å². The molecule has 7 nitrogen and oxygen atoms in total. The van der Waals surface area contributed by atoms with Crippen molar-refractivity contribution in [2.24, 2.45) is 5.92 Å². The Hall–Kier alpha value is -1.89. The second-order valence-electron chi connectivity index (χ2n) is 4.52. The molecule has 1 aromatic heterocycles. The highest BCUT2D eigenvalue weighted by atomic mass is 16.3. The normalized spacial score (nSPS) is 12.1. The Morgan fingerprint density at radius 3 is 2.89 bits per heavy atom. The molecule has 3 N–H and O–H groups in total. The number of hydrogen-bond acceptors (Lipinski definition) is 4. The minimum atomic E-state index is -0.600. The van der Waals surface area contributed by atoms with E-state index in [1.807, 2.05) is 6.92 Å². The van der Waals surface area contributed by atoms with E-state index in [0.717, 1.165) is 17.4 Å². The van der Waals surface area contributed by atoms with Crippen LogP contribution in [0.1, 0.15) is 19.8 Å². The summed E-state index contributed by atoms with van der Waals surface area (Å²) in [6.07, 6.45) is 2.89. The number of nitrogens with one attached hydrogen (secondary N) is 2. The molecular formula is C12H19N3O4. The third-order valence-electron chi connectivity index (χ3n) is 2.72. The first-order valence-electron chi connectivity index (χ1n) is 6.20. The zero-order valence-electron chi connectivity index (χ0n) is 10.9. The molecule has 0 bridgehead atoms. The summed E-state index contributed by atoms with van der Waals surface area (Å²) in [5, 5.41) is 11.5. The van der Waals surface area contributed by atoms with Crippen LogP contribution in [0.4, 0.5) is 0 Å². The summed E-state index contributed by atoms with van der Waals surface area (Å²) in [4.78, 5) is 35.8. The molecule has 0 radical (unpaired) electrons. The highest BCUT2D eigenvalue weighted by Gasteiger charge is 2.05. The minimum absolute atomic E-state index is 0.120. The molecule has 1 unspecified atom stereocenters. The Balaban J connectivity index is 2.35. The van der Waals surface area contributed by atoms with Crippen molar-refractivity contribution in [1.82, 2.24) is 14.9 Å². The summed E-state index contributed by atoms with van der Waals surface area (Å²) >= 11 is 0. The molecule has 106 valence electrons. The first-order valence-corrected chi connectivity index (χ1v) is 6.20. The fourth-order valence-corrected chi connectivity index (χ4v) is 1.55. The molecule has 1 rings (SSSR count). The van der Waals surface area contributed by atoms with Crippen molar-refractivity contribution >= 4 is 5.91 Å². The lowest BCUT2D eigenvalue weighted by molar-refractivity contribution is -0.121. The molecule has 19 heavy (non-hydrogen) atoms. The number of amides is 1. The maximum atomic E-state index is 11.6. The van der Waals surface area contributed by atoms with Gasteiger partial charge in [-0.25, -0.2) is 4.79 Å². The number of H-pyrrole nitrogens is 1. The molecule has 0 aromatic carbocycles. The third kappa shape index (κ3) is 5.52. The van der Waals surface area contributed by atoms with Gasteiger partial charge >= 0.3 is 5.69 Å². The van der Waals surface area contributed by atoms with Gasteiger partial charge in [-0.05, 0) is 18.8 Å². The topological polar surface area (TPSA) is 104 Å². The van der Waals surface area contributed by atoms with Crippen LogP contribution in [0.15, 0.2) is 21.9 Å². The molecule has 0 aliphatic heterocycles. The summed E-state index contributed by atoms with van der Waals surface area (Å²) in [6, 6.07) is 1.19. The molecule has 0 aliphatic rings. The smallest absolute Gasteiger partial charge is 0.328 e. The van der Waals surface area contributed by atoms with Gasteiger partial charge in [0.1, 0.15) is 6.54 Å². The van der Waals surface area contributed by atoms with Gasteiger partial charge in [-0.15, -0.1) is 0 Å². The molecule has 1 aromatic rings. The van der Waals surface area contributed by atoms with Crippen LogP contribution in [0, 0.1) is 5.92 Å². The summed E-state index contributed by atoms with van der Waals surface area (Å²) in [5.41, 5.74) is -1.09. The highest BCUT2D eigenvalue weighted by molar-refractivity contribution is 5.75. The van der Waals surface area contributed by atoms with Crippen LogP contribution in [0.25, 0.3) is 0 Å². The second-order valence-corrected chi connectivity index (χ2v) is 4.52. The van der Waals surface area contributed by atoms with E-state index in [1.54, 1.807) is 0 Å². The first-order chi connectivity index (χ1) is 9.02. The molecular weight excluding hydrogens is 250 g/mol. The number of aliphatic hydroxyl groups is 1. The lowest BCUT2D eigenvalue weighted by atomic mass is 10.1. The number of rotatable bonds is 7. The van der Waals surface area contributed by atoms with Gasteiger partial charge in [0.25, 0.3) is 5.56 Å². The molecule has 0 fully saturated rings. The number of aromatic amines is 1. The van der Waals surface area contributed by atoms with Crippen molar-refractivity contribution in [1.29, 1.82) is 0 Å². The van der Waals surface area contributed by atoms with Crippen molar-refractivity contribution in [2.45, 2.75) is 26.3 Å². The Bertz CT molecular complexity index is 520. The van der Waals surface area contributed by atoms with Crippen LogP contribution in [0.2, 0.25) is 0 Å². The van der Waals surface area contributed by atoms with Crippen LogP contribution in [-0.4, -0.2) is 33.7 Å². The Kier molecular flexibility index (Phi) is 6.01. The number of nitrogens with zero attached hydrogens (tertiary/aromatic N) is 1. The summed E-state index contributed by atoms with van der Waals surface area (Å²) in [5.74, 6) is -0.0653. The maximum absolute atomic E-state index is 11.6. The van der Waals surface area contributed by atoms with Gasteiger partial charge in [0.05, 0.1) is 0 Å². The predicted molar refractivity (Wildman–Crippen MR) is 69.8 cm³/mol. The largest absolute Gasteiger partial charge is 0.396 e. The second kappa shape index (κ2) is 7.52. The highest BCUT2D eigenvalue weighted by Crippen LogP contribution is 2.02. The molecule has 0 saturated heterocycles. The Morgan fingerprint density at radius 2 is 2.26 bits per heavy atom. The Morgan fingerprint density at radius 1 is 1.53 bits per heavy atom. The minimum Gasteiger partial charge on any atom is -0.396 e. The fourth-order valence-electron chi connectivity index (χ4n) is 1.55. The summed E-state index contributed by atoms with van der Waals surface area (Å²) < 4.78 is 1.13. The van der Waals surface area contributed by atoms with Gasteiger partial charge < -0.3 is 10.4 Å². The van der Waals surface area contributed by atoms with Gasteiger partial charge in [-0.1, -0.05) is 6.92 Å². The average Bonchev–Trinajstić information content (AvgIpc) is 2.37. The summed E-state index contributed by atoms with van der Waals surface area (Å²) in [7, 11) is 0. The fraction of sp³-hybridized carbons (Fsp3) is 0.583. The third-order valence-corrected chi connectivity index (χ3v) is 2.72. The predicted octanol–water partition coefficient (Wildman–Crippen LogP) is -0.939. The SMILES string of the molecule is CC(CO)CCCNC(=O)Cn1ccc(=O)[nH]c1=O. The van der Waals surface area contributed by atoms with E-state index in [0.29, 0.717) is 6.54 Å². The van der Waals surface area contributed by atoms with Crippen molar-refractivity contribution in [3.63, 3.8) is 0 Å². The van der Waals surface area contributed by atoms with Crippen molar-refractivity contribution in [2.75, 3.05) is 13.2 Å². The van der Waals surface area contributed by atoms with E-state index in [4.69, 9.17) is 5.11 Å². The van der Waals surface area contributed by atoms with Gasteiger partial charge in [-0.2, -0.15) is 0 Å². The summed E-state index contributed by atoms with van der Waals surface area (Å²) in [6.45, 7) is 2.45. The molecule has 0 spiro atoms. The zero-order valence-corrected chi connectivity index (χ0v) is 10.9. The van der Waals surface area contributed by atoms with Crippen LogP contribution in [0.5, 0.6) is 0 Å². The average molecular weight is 269 g/mol. The lowest BCUT2D eigenvalue weighted by Crippen LogP contribution is -2.35. The van der Waals surface area contributed by atoms with E-state index in [1.165, 1.54) is 12.3 Å². The van der Waals surface area contributed by atoms with Crippen LogP contribution in [-0.2, 0) is 11.3 Å². The van der Waals surface area contributed by atoms with E-state index >= 15 is 0 Å². The van der Waals surface area contributed by atoms with Gasteiger partial charge in [-0.3, -0.25) is 19.1 Å². The van der Waals surface area contributed by atoms with E-state index in [-0.39, 0.29) is 25.0 Å². The zero-order chi connectivity index (χ0) is 14.3. The molecule has 1 heterocycles. The molecule has 0 aliphatic carbocycles. The molecule has 1 amide bonds. The van der Waals surface area contributed by atoms with E-state index < -0.39 is 11.2 Å². The van der Waals surface area contributed by atoms with Crippen molar-refractivity contribution < 1.29 is 9.90 Å². The van der Waals surface area contributed by atoms with Crippen molar-refractivity contribution in [3.05, 3.63) is 33.1 Å². The number of aromatic nitrogens is 2. The monoisotopic (exact) mass is 269 g/mol. The quantitative estimate of drug-likeness (QED) is 0.556. The maximum Gasteiger partial charge on any atom is 0.328 e. The number of hydrogen-bond donors (Lipinski definition) is 3. The van der Waals surface area contributed by atoms with Gasteiger partial charge in [0, 0.05) is 25.4 Å². The Labute approximate surface area is 110 Å². The van der Waals surface area contributed by atoms with Crippen molar-refractivity contribution in [3.8, 4) is 0 Å². The van der Waals surface area contributed by atoms with Gasteiger partial charge in [0.2, 0.25) is 5.91 Å². The number of aliphatic hydroxyl groups excluding tert-OH is 1. The van der Waals surface area contributed by atoms with Crippen LogP contribution in [0.3, 0.4) is 0 Å². The van der Waals surface area contributed by atoms with E-state index in [9.17, 15) is 14.4 Å². The number of carbonyl (C=O) groups excluding carboxylic acids is 1. The standard InChI is InChI=1S/C12H19N3O4/c1-9(8-16)3-2-5-13-11(18)7-15-6-4-10(17)14-12(15)19/h4,6,9,16H,2-3,5,7-8H2,1H3,(H,13,18)(H,14,17,19). The molecule has 0 saturated carbocycles. The van der Waals surface area contributed by atoms with Crippen LogP contribution < -0.4 is 16.6 Å². The number of carbonyl (C=O) groups is 1. The first kappa shape index (κ1) is 15.2. The van der Waals surface area contributed by atoms with Gasteiger partial charge in [0.15, 0.2) is 0 Å². The lowest BCUT2D eigenvalue weighted by Gasteiger charge is -2.09. The molecule has 1 atom stereocenters. The van der Waals surface area contributed by atoms with Crippen LogP contribution >= 0.6 is 0 Å².